The van der Waals surface area contributed by atoms with Gasteiger partial charge in [-0.3, -0.25) is 0 Å². The Morgan fingerprint density at radius 1 is 1.50 bits per heavy atom. The van der Waals surface area contributed by atoms with Crippen LogP contribution in [0.25, 0.3) is 0 Å². The molecule has 1 aromatic heterocycles. The largest absolute Gasteiger partial charge is 0.330 e. The zero-order valence-electron chi connectivity index (χ0n) is 12.5. The van der Waals surface area contributed by atoms with Gasteiger partial charge in [-0.15, -0.1) is 11.3 Å². The van der Waals surface area contributed by atoms with Crippen molar-refractivity contribution in [1.82, 2.24) is 15.2 Å². The average Bonchev–Trinajstić information content (AvgIpc) is 2.85. The highest BCUT2D eigenvalue weighted by Crippen LogP contribution is 2.25. The predicted octanol–water partition coefficient (Wildman–Crippen LogP) is 3.30. The summed E-state index contributed by atoms with van der Waals surface area (Å²) in [5, 5.41) is 6.66. The van der Waals surface area contributed by atoms with Crippen molar-refractivity contribution in [2.45, 2.75) is 39.0 Å². The van der Waals surface area contributed by atoms with Crippen LogP contribution in [0.5, 0.6) is 0 Å². The summed E-state index contributed by atoms with van der Waals surface area (Å²) >= 11 is 3.60. The molecule has 2 amide bonds. The van der Waals surface area contributed by atoms with Crippen molar-refractivity contribution in [2.24, 2.45) is 5.92 Å². The number of hydrogen-bond donors (Lipinski definition) is 1. The van der Waals surface area contributed by atoms with E-state index in [9.17, 15) is 4.79 Å². The van der Waals surface area contributed by atoms with Gasteiger partial charge in [-0.2, -0.15) is 11.8 Å². The third-order valence-corrected chi connectivity index (χ3v) is 5.88. The monoisotopic (exact) mass is 313 g/mol. The molecule has 20 heavy (non-hydrogen) atoms. The SMILES string of the molecule is Cc1nc([C@H](C)NC(=O)N2CCS[C@@H](C(C)C)C2)cs1. The molecule has 1 fully saturated rings. The average molecular weight is 313 g/mol. The Hall–Kier alpha value is -0.750. The van der Waals surface area contributed by atoms with E-state index in [1.54, 1.807) is 11.3 Å². The molecule has 112 valence electrons. The molecule has 0 radical (unpaired) electrons. The summed E-state index contributed by atoms with van der Waals surface area (Å²) in [6.45, 7) is 10.1. The second kappa shape index (κ2) is 6.80. The molecule has 1 aromatic rings. The molecule has 0 aromatic carbocycles. The minimum atomic E-state index is -0.0282. The molecular formula is C14H23N3OS2. The van der Waals surface area contributed by atoms with Crippen LogP contribution in [0.1, 0.15) is 37.5 Å². The summed E-state index contributed by atoms with van der Waals surface area (Å²) in [6, 6.07) is 0.00799. The van der Waals surface area contributed by atoms with E-state index in [-0.39, 0.29) is 12.1 Å². The molecule has 2 atom stereocenters. The van der Waals surface area contributed by atoms with Gasteiger partial charge in [0.15, 0.2) is 0 Å². The summed E-state index contributed by atoms with van der Waals surface area (Å²) in [4.78, 5) is 18.7. The van der Waals surface area contributed by atoms with Gasteiger partial charge in [0.2, 0.25) is 0 Å². The highest BCUT2D eigenvalue weighted by Gasteiger charge is 2.26. The van der Waals surface area contributed by atoms with Crippen LogP contribution >= 0.6 is 23.1 Å². The van der Waals surface area contributed by atoms with Crippen molar-refractivity contribution < 1.29 is 4.79 Å². The van der Waals surface area contributed by atoms with Crippen LogP contribution in [0.2, 0.25) is 0 Å². The minimum Gasteiger partial charge on any atom is -0.330 e. The fraction of sp³-hybridized carbons (Fsp3) is 0.714. The number of thiazole rings is 1. The van der Waals surface area contributed by atoms with Crippen LogP contribution in [0.3, 0.4) is 0 Å². The molecule has 2 heterocycles. The molecule has 1 saturated heterocycles. The first-order valence-corrected chi connectivity index (χ1v) is 8.99. The van der Waals surface area contributed by atoms with Crippen molar-refractivity contribution >= 4 is 29.1 Å². The topological polar surface area (TPSA) is 45.2 Å². The Morgan fingerprint density at radius 3 is 2.85 bits per heavy atom. The number of aromatic nitrogens is 1. The van der Waals surface area contributed by atoms with Crippen molar-refractivity contribution in [3.63, 3.8) is 0 Å². The summed E-state index contributed by atoms with van der Waals surface area (Å²) < 4.78 is 0. The number of urea groups is 1. The third kappa shape index (κ3) is 3.88. The van der Waals surface area contributed by atoms with Gasteiger partial charge in [-0.05, 0) is 19.8 Å². The number of hydrogen-bond acceptors (Lipinski definition) is 4. The number of aryl methyl sites for hydroxylation is 1. The second-order valence-corrected chi connectivity index (χ2v) is 7.97. The maximum absolute atomic E-state index is 12.3. The highest BCUT2D eigenvalue weighted by atomic mass is 32.2. The van der Waals surface area contributed by atoms with Crippen LogP contribution in [-0.4, -0.2) is 40.0 Å². The van der Waals surface area contributed by atoms with Gasteiger partial charge in [0.25, 0.3) is 0 Å². The van der Waals surface area contributed by atoms with Gasteiger partial charge in [0.05, 0.1) is 16.7 Å². The Labute approximate surface area is 129 Å². The summed E-state index contributed by atoms with van der Waals surface area (Å²) in [7, 11) is 0. The van der Waals surface area contributed by atoms with Crippen molar-refractivity contribution in [3.8, 4) is 0 Å². The molecule has 0 saturated carbocycles. The molecule has 0 spiro atoms. The van der Waals surface area contributed by atoms with Crippen molar-refractivity contribution in [1.29, 1.82) is 0 Å². The number of carbonyl (C=O) groups excluding carboxylic acids is 1. The molecule has 1 aliphatic rings. The predicted molar refractivity (Wildman–Crippen MR) is 86.5 cm³/mol. The maximum Gasteiger partial charge on any atom is 0.317 e. The number of nitrogens with zero attached hydrogens (tertiary/aromatic N) is 2. The zero-order chi connectivity index (χ0) is 14.7. The number of nitrogens with one attached hydrogen (secondary N) is 1. The van der Waals surface area contributed by atoms with Gasteiger partial charge in [-0.1, -0.05) is 13.8 Å². The normalized spacial score (nSPS) is 21.1. The molecular weight excluding hydrogens is 290 g/mol. The van der Waals surface area contributed by atoms with Gasteiger partial charge in [0.1, 0.15) is 0 Å². The van der Waals surface area contributed by atoms with E-state index >= 15 is 0 Å². The van der Waals surface area contributed by atoms with Crippen molar-refractivity contribution in [2.75, 3.05) is 18.8 Å². The first kappa shape index (κ1) is 15.6. The molecule has 2 rings (SSSR count). The fourth-order valence-electron chi connectivity index (χ4n) is 2.19. The first-order chi connectivity index (χ1) is 9.47. The summed E-state index contributed by atoms with van der Waals surface area (Å²) in [5.74, 6) is 1.63. The first-order valence-electron chi connectivity index (χ1n) is 7.06. The Balaban J connectivity index is 1.91. The van der Waals surface area contributed by atoms with Crippen LogP contribution < -0.4 is 5.32 Å². The van der Waals surface area contributed by atoms with Gasteiger partial charge < -0.3 is 10.2 Å². The Bertz CT molecular complexity index is 461. The smallest absolute Gasteiger partial charge is 0.317 e. The summed E-state index contributed by atoms with van der Waals surface area (Å²) in [5.41, 5.74) is 0.952. The summed E-state index contributed by atoms with van der Waals surface area (Å²) in [6.07, 6.45) is 0. The zero-order valence-corrected chi connectivity index (χ0v) is 14.2. The van der Waals surface area contributed by atoms with E-state index in [0.29, 0.717) is 11.2 Å². The van der Waals surface area contributed by atoms with Gasteiger partial charge in [-0.25, -0.2) is 9.78 Å². The van der Waals surface area contributed by atoms with E-state index in [4.69, 9.17) is 0 Å². The fourth-order valence-corrected chi connectivity index (χ4v) is 4.20. The number of amides is 2. The number of thioether (sulfide) groups is 1. The molecule has 1 N–H and O–H groups in total. The molecule has 4 nitrogen and oxygen atoms in total. The molecule has 6 heteroatoms. The van der Waals surface area contributed by atoms with E-state index in [1.165, 1.54) is 0 Å². The molecule has 0 aliphatic carbocycles. The lowest BCUT2D eigenvalue weighted by molar-refractivity contribution is 0.193. The number of carbonyl (C=O) groups is 1. The van der Waals surface area contributed by atoms with Crippen molar-refractivity contribution in [3.05, 3.63) is 16.1 Å². The maximum atomic E-state index is 12.3. The van der Waals surface area contributed by atoms with Crippen LogP contribution in [0.4, 0.5) is 4.79 Å². The van der Waals surface area contributed by atoms with Gasteiger partial charge >= 0.3 is 6.03 Å². The minimum absolute atomic E-state index is 0.0282. The van der Waals surface area contributed by atoms with E-state index < -0.39 is 0 Å². The third-order valence-electron chi connectivity index (χ3n) is 3.54. The standard InChI is InChI=1S/C14H23N3OS2/c1-9(2)13-7-17(5-6-19-13)14(18)15-10(3)12-8-20-11(4)16-12/h8-10,13H,5-7H2,1-4H3,(H,15,18)/t10-,13+/m0/s1. The second-order valence-electron chi connectivity index (χ2n) is 5.56. The van der Waals surface area contributed by atoms with Crippen LogP contribution in [0, 0.1) is 12.8 Å². The molecule has 1 aliphatic heterocycles. The van der Waals surface area contributed by atoms with Crippen LogP contribution in [0.15, 0.2) is 5.38 Å². The Kier molecular flexibility index (Phi) is 5.32. The number of rotatable bonds is 3. The lowest BCUT2D eigenvalue weighted by Crippen LogP contribution is -2.48. The lowest BCUT2D eigenvalue weighted by atomic mass is 10.1. The van der Waals surface area contributed by atoms with Crippen LogP contribution in [-0.2, 0) is 0 Å². The molecule has 0 unspecified atom stereocenters. The Morgan fingerprint density at radius 2 is 2.25 bits per heavy atom. The van der Waals surface area contributed by atoms with E-state index in [2.05, 4.69) is 24.1 Å². The van der Waals surface area contributed by atoms with E-state index in [1.807, 2.05) is 35.9 Å². The van der Waals surface area contributed by atoms with E-state index in [0.717, 1.165) is 29.5 Å². The highest BCUT2D eigenvalue weighted by molar-refractivity contribution is 8.00. The quantitative estimate of drug-likeness (QED) is 0.931. The van der Waals surface area contributed by atoms with Gasteiger partial charge in [0, 0.05) is 29.5 Å². The lowest BCUT2D eigenvalue weighted by Gasteiger charge is -2.34. The molecule has 0 bridgehead atoms.